The highest BCUT2D eigenvalue weighted by Gasteiger charge is 2.24. The van der Waals surface area contributed by atoms with Crippen LogP contribution in [0.1, 0.15) is 16.7 Å². The highest BCUT2D eigenvalue weighted by Crippen LogP contribution is 2.21. The molecule has 0 aliphatic rings. The van der Waals surface area contributed by atoms with Crippen molar-refractivity contribution >= 4 is 23.9 Å². The molecule has 0 atom stereocenters. The van der Waals surface area contributed by atoms with Gasteiger partial charge in [-0.05, 0) is 55.4 Å². The van der Waals surface area contributed by atoms with Gasteiger partial charge in [0.05, 0.1) is 22.6 Å². The van der Waals surface area contributed by atoms with E-state index in [2.05, 4.69) is 32.9 Å². The average molecular weight is 458 g/mol. The van der Waals surface area contributed by atoms with Crippen LogP contribution in [0.5, 0.6) is 5.75 Å². The largest absolute Gasteiger partial charge is 0.872 e. The van der Waals surface area contributed by atoms with Crippen molar-refractivity contribution in [2.45, 2.75) is 19.0 Å². The Bertz CT molecular complexity index is 1280. The molecule has 0 unspecified atom stereocenters. The van der Waals surface area contributed by atoms with Crippen LogP contribution in [0.4, 0.5) is 0 Å². The minimum absolute atomic E-state index is 0.107. The van der Waals surface area contributed by atoms with Gasteiger partial charge in [-0.25, -0.2) is 5.43 Å². The Labute approximate surface area is 196 Å². The number of rotatable bonds is 7. The Hall–Kier alpha value is -3.91. The third-order valence-electron chi connectivity index (χ3n) is 4.88. The number of hydrogen-bond acceptors (Lipinski definition) is 5. The number of carbonyl (C=O) groups is 1. The van der Waals surface area contributed by atoms with Gasteiger partial charge in [0, 0.05) is 0 Å². The zero-order chi connectivity index (χ0) is 23.2. The number of aromatic nitrogens is 3. The summed E-state index contributed by atoms with van der Waals surface area (Å²) < 4.78 is 2.01. The van der Waals surface area contributed by atoms with Crippen LogP contribution in [0.25, 0.3) is 17.1 Å². The first-order valence-electron chi connectivity index (χ1n) is 10.4. The standard InChI is InChI=1S/C25H23N5O2S/c1-17-6-10-20(11-7-17)24-28-29-25(30(24)21-12-8-18(2)9-13-21)33-16-23(32)27-26-15-19-4-3-5-22(31)14-19/h3-15H,16H2,1-2H3,(H2,27,31,32)/b26-15+. The van der Waals surface area contributed by atoms with Crippen LogP contribution >= 0.6 is 11.8 Å². The van der Waals surface area contributed by atoms with E-state index < -0.39 is 0 Å². The van der Waals surface area contributed by atoms with Crippen LogP contribution in [-0.4, -0.2) is 28.1 Å². The Morgan fingerprint density at radius 2 is 1.79 bits per heavy atom. The molecule has 0 aliphatic carbocycles. The Morgan fingerprint density at radius 1 is 1.09 bits per heavy atom. The van der Waals surface area contributed by atoms with E-state index in [1.54, 1.807) is 12.1 Å². The van der Waals surface area contributed by atoms with E-state index in [4.69, 9.17) is 0 Å². The molecule has 3 aromatic carbocycles. The summed E-state index contributed by atoms with van der Waals surface area (Å²) in [6.45, 7) is 4.09. The Balaban J connectivity index is 1.51. The number of nitrogens with zero attached hydrogens (tertiary/aromatic N) is 3. The number of aryl methyl sites for hydroxylation is 2. The number of amides is 1. The van der Waals surface area contributed by atoms with Crippen LogP contribution < -0.4 is 15.1 Å². The molecular weight excluding hydrogens is 434 g/mol. The van der Waals surface area contributed by atoms with E-state index in [0.717, 1.165) is 22.6 Å². The highest BCUT2D eigenvalue weighted by atomic mass is 32.2. The Kier molecular flexibility index (Phi) is 6.85. The van der Waals surface area contributed by atoms with E-state index in [0.29, 0.717) is 10.7 Å². The summed E-state index contributed by atoms with van der Waals surface area (Å²) in [4.78, 5) is 12.3. The van der Waals surface area contributed by atoms with Gasteiger partial charge < -0.3 is 5.11 Å². The molecule has 0 saturated heterocycles. The second kappa shape index (κ2) is 10.1. The summed E-state index contributed by atoms with van der Waals surface area (Å²) in [6, 6.07) is 22.6. The van der Waals surface area contributed by atoms with Gasteiger partial charge >= 0.3 is 5.16 Å². The van der Waals surface area contributed by atoms with E-state index in [-0.39, 0.29) is 17.4 Å². The first-order chi connectivity index (χ1) is 16.0. The first-order valence-corrected chi connectivity index (χ1v) is 11.3. The topological polar surface area (TPSA) is 97.1 Å². The molecule has 8 heteroatoms. The maximum absolute atomic E-state index is 12.3. The van der Waals surface area contributed by atoms with Gasteiger partial charge in [-0.15, -0.1) is 10.8 Å². The molecule has 7 nitrogen and oxygen atoms in total. The van der Waals surface area contributed by atoms with Gasteiger partial charge in [-0.2, -0.15) is 9.67 Å². The number of H-pyrrole nitrogens is 1. The third kappa shape index (κ3) is 5.67. The third-order valence-corrected chi connectivity index (χ3v) is 5.82. The molecule has 0 spiro atoms. The van der Waals surface area contributed by atoms with Crippen molar-refractivity contribution in [1.82, 2.24) is 15.6 Å². The number of hydrogen-bond donors (Lipinski definition) is 2. The first kappa shape index (κ1) is 22.3. The fourth-order valence-electron chi connectivity index (χ4n) is 3.17. The van der Waals surface area contributed by atoms with Gasteiger partial charge in [0.1, 0.15) is 5.69 Å². The monoisotopic (exact) mass is 457 g/mol. The fraction of sp³-hybridized carbons (Fsp3) is 0.120. The van der Waals surface area contributed by atoms with E-state index in [1.807, 2.05) is 54.8 Å². The normalized spacial score (nSPS) is 11.1. The zero-order valence-electron chi connectivity index (χ0n) is 18.3. The second-order valence-corrected chi connectivity index (χ2v) is 8.49. The molecule has 0 saturated carbocycles. The van der Waals surface area contributed by atoms with Gasteiger partial charge in [-0.3, -0.25) is 4.79 Å². The summed E-state index contributed by atoms with van der Waals surface area (Å²) in [5, 5.41) is 23.6. The number of thioether (sulfide) groups is 1. The van der Waals surface area contributed by atoms with Crippen molar-refractivity contribution in [2.24, 2.45) is 5.10 Å². The summed E-state index contributed by atoms with van der Waals surface area (Å²) in [7, 11) is 0. The molecule has 0 bridgehead atoms. The van der Waals surface area contributed by atoms with Gasteiger partial charge in [0.2, 0.25) is 0 Å². The molecule has 1 amide bonds. The molecule has 166 valence electrons. The predicted octanol–water partition coefficient (Wildman–Crippen LogP) is 3.29. The van der Waals surface area contributed by atoms with E-state index >= 15 is 0 Å². The van der Waals surface area contributed by atoms with Crippen LogP contribution in [0.15, 0.2) is 83.1 Å². The predicted molar refractivity (Wildman–Crippen MR) is 127 cm³/mol. The van der Waals surface area contributed by atoms with Gasteiger partial charge in [-0.1, -0.05) is 59.7 Å². The van der Waals surface area contributed by atoms with Crippen LogP contribution in [0.3, 0.4) is 0 Å². The average Bonchev–Trinajstić information content (AvgIpc) is 3.23. The maximum Gasteiger partial charge on any atom is 0.342 e. The number of carbonyl (C=O) groups excluding carboxylic acids is 1. The molecule has 0 aliphatic heterocycles. The lowest BCUT2D eigenvalue weighted by molar-refractivity contribution is -0.625. The molecule has 2 N–H and O–H groups in total. The van der Waals surface area contributed by atoms with Gasteiger partial charge in [0.25, 0.3) is 11.7 Å². The molecule has 0 radical (unpaired) electrons. The minimum Gasteiger partial charge on any atom is -0.872 e. The highest BCUT2D eigenvalue weighted by molar-refractivity contribution is 7.99. The summed E-state index contributed by atoms with van der Waals surface area (Å²) in [6.07, 6.45) is 1.44. The molecule has 0 fully saturated rings. The molecule has 1 heterocycles. The zero-order valence-corrected chi connectivity index (χ0v) is 19.1. The Morgan fingerprint density at radius 3 is 2.48 bits per heavy atom. The number of aromatic amines is 1. The lowest BCUT2D eigenvalue weighted by atomic mass is 10.1. The van der Waals surface area contributed by atoms with Crippen molar-refractivity contribution in [3.8, 4) is 22.8 Å². The van der Waals surface area contributed by atoms with Crippen LogP contribution in [-0.2, 0) is 4.79 Å². The van der Waals surface area contributed by atoms with Crippen molar-refractivity contribution in [3.05, 3.63) is 89.5 Å². The fourth-order valence-corrected chi connectivity index (χ4v) is 3.93. The summed E-state index contributed by atoms with van der Waals surface area (Å²) in [5.41, 5.74) is 7.40. The molecular formula is C25H23N5O2S. The second-order valence-electron chi connectivity index (χ2n) is 7.55. The number of hydrazone groups is 1. The SMILES string of the molecule is Cc1ccc(-c2[nH]nc(SCC(=O)N/N=C/c3cccc([O-])c3)[n+]2-c2ccc(C)cc2)cc1. The smallest absolute Gasteiger partial charge is 0.342 e. The summed E-state index contributed by atoms with van der Waals surface area (Å²) >= 11 is 1.31. The molecule has 4 aromatic rings. The van der Waals surface area contributed by atoms with E-state index in [9.17, 15) is 9.90 Å². The number of nitrogens with one attached hydrogen (secondary N) is 2. The molecule has 1 aromatic heterocycles. The van der Waals surface area contributed by atoms with Crippen LogP contribution in [0.2, 0.25) is 0 Å². The lowest BCUT2D eigenvalue weighted by Gasteiger charge is -2.05. The molecule has 33 heavy (non-hydrogen) atoms. The number of benzene rings is 3. The molecule has 4 rings (SSSR count). The van der Waals surface area contributed by atoms with Crippen molar-refractivity contribution in [2.75, 3.05) is 5.75 Å². The van der Waals surface area contributed by atoms with Gasteiger partial charge in [0.15, 0.2) is 0 Å². The van der Waals surface area contributed by atoms with Crippen molar-refractivity contribution in [1.29, 1.82) is 0 Å². The quantitative estimate of drug-likeness (QED) is 0.193. The van der Waals surface area contributed by atoms with E-state index in [1.165, 1.54) is 35.7 Å². The van der Waals surface area contributed by atoms with Crippen molar-refractivity contribution < 1.29 is 14.5 Å². The minimum atomic E-state index is -0.273. The van der Waals surface area contributed by atoms with Crippen molar-refractivity contribution in [3.63, 3.8) is 0 Å². The maximum atomic E-state index is 12.3. The van der Waals surface area contributed by atoms with Crippen LogP contribution in [0, 0.1) is 13.8 Å². The summed E-state index contributed by atoms with van der Waals surface area (Å²) in [5.74, 6) is 0.578. The lowest BCUT2D eigenvalue weighted by Crippen LogP contribution is -2.34.